The molecule has 6 heteroatoms. The van der Waals surface area contributed by atoms with Crippen molar-refractivity contribution in [3.8, 4) is 6.19 Å². The van der Waals surface area contributed by atoms with Crippen molar-refractivity contribution in [2.24, 2.45) is 4.99 Å². The Balaban J connectivity index is 0.00000256. The van der Waals surface area contributed by atoms with Crippen LogP contribution in [0.5, 0.6) is 0 Å². The topological polar surface area (TPSA) is 88.3 Å². The summed E-state index contributed by atoms with van der Waals surface area (Å²) in [5.41, 5.74) is 0.515. The molecule has 0 aliphatic rings. The van der Waals surface area contributed by atoms with Crippen LogP contribution in [0.4, 0.5) is 0 Å². The number of nitriles is 1. The SMILES string of the molecule is CC(=NC(C(=O)[O-])c1ccccc1)NC#N.[Na+]. The average Bonchev–Trinajstić information content (AvgIpc) is 2.27. The van der Waals surface area contributed by atoms with Crippen LogP contribution in [0.15, 0.2) is 35.3 Å². The maximum atomic E-state index is 10.9. The number of aliphatic carboxylic acids is 1. The number of rotatable bonds is 3. The fourth-order valence-corrected chi connectivity index (χ4v) is 1.21. The van der Waals surface area contributed by atoms with Gasteiger partial charge in [0.15, 0.2) is 6.19 Å². The first-order valence-corrected chi connectivity index (χ1v) is 4.60. The fraction of sp³-hybridized carbons (Fsp3) is 0.182. The summed E-state index contributed by atoms with van der Waals surface area (Å²) in [4.78, 5) is 14.8. The van der Waals surface area contributed by atoms with Gasteiger partial charge in [-0.25, -0.2) is 0 Å². The van der Waals surface area contributed by atoms with Crippen molar-refractivity contribution >= 4 is 11.8 Å². The Morgan fingerprint density at radius 2 is 2.06 bits per heavy atom. The molecule has 0 aliphatic carbocycles. The number of aliphatic imine (C=N–C) groups is 1. The molecular formula is C11H10N3NaO2. The van der Waals surface area contributed by atoms with Crippen molar-refractivity contribution in [3.63, 3.8) is 0 Å². The molecule has 0 saturated heterocycles. The van der Waals surface area contributed by atoms with E-state index >= 15 is 0 Å². The van der Waals surface area contributed by atoms with Gasteiger partial charge in [0.25, 0.3) is 0 Å². The molecular weight excluding hydrogens is 229 g/mol. The number of carbonyl (C=O) groups excluding carboxylic acids is 1. The number of benzene rings is 1. The van der Waals surface area contributed by atoms with E-state index in [0.717, 1.165) is 0 Å². The number of carboxylic acids is 1. The van der Waals surface area contributed by atoms with Gasteiger partial charge in [-0.15, -0.1) is 0 Å². The van der Waals surface area contributed by atoms with E-state index in [1.165, 1.54) is 6.92 Å². The monoisotopic (exact) mass is 239 g/mol. The van der Waals surface area contributed by atoms with Gasteiger partial charge in [-0.3, -0.25) is 10.3 Å². The molecule has 0 fully saturated rings. The Morgan fingerprint density at radius 1 is 1.47 bits per heavy atom. The van der Waals surface area contributed by atoms with Crippen molar-refractivity contribution < 1.29 is 39.5 Å². The van der Waals surface area contributed by atoms with E-state index in [-0.39, 0.29) is 35.4 Å². The summed E-state index contributed by atoms with van der Waals surface area (Å²) >= 11 is 0. The van der Waals surface area contributed by atoms with Gasteiger partial charge in [0.05, 0.1) is 5.97 Å². The Hall–Kier alpha value is -1.35. The minimum Gasteiger partial charge on any atom is -0.547 e. The zero-order chi connectivity index (χ0) is 12.0. The standard InChI is InChI=1S/C11H11N3O2.Na/c1-8(13-7-12)14-10(11(15)16)9-5-3-2-4-6-9;/h2-6,10H,1H3,(H,13,14)(H,15,16);/q;+1/p-1. The molecule has 1 rings (SSSR count). The van der Waals surface area contributed by atoms with Crippen LogP contribution in [0, 0.1) is 11.5 Å². The van der Waals surface area contributed by atoms with Gasteiger partial charge in [-0.1, -0.05) is 30.3 Å². The molecule has 0 spiro atoms. The summed E-state index contributed by atoms with van der Waals surface area (Å²) in [7, 11) is 0. The first-order chi connectivity index (χ1) is 7.65. The second-order valence-electron chi connectivity index (χ2n) is 3.08. The molecule has 0 aliphatic heterocycles. The molecule has 5 nitrogen and oxygen atoms in total. The van der Waals surface area contributed by atoms with Crippen molar-refractivity contribution in [1.82, 2.24) is 5.32 Å². The Kier molecular flexibility index (Phi) is 7.22. The number of nitrogens with zero attached hydrogens (tertiary/aromatic N) is 2. The quantitative estimate of drug-likeness (QED) is 0.200. The average molecular weight is 239 g/mol. The number of carbonyl (C=O) groups is 1. The third kappa shape index (κ3) is 5.00. The van der Waals surface area contributed by atoms with Gasteiger partial charge in [0.2, 0.25) is 0 Å². The van der Waals surface area contributed by atoms with Crippen LogP contribution in [-0.2, 0) is 4.79 Å². The van der Waals surface area contributed by atoms with Crippen LogP contribution in [0.3, 0.4) is 0 Å². The minimum absolute atomic E-state index is 0. The summed E-state index contributed by atoms with van der Waals surface area (Å²) in [6.45, 7) is 1.52. The van der Waals surface area contributed by atoms with Gasteiger partial charge >= 0.3 is 29.6 Å². The molecule has 82 valence electrons. The van der Waals surface area contributed by atoms with Crippen LogP contribution >= 0.6 is 0 Å². The molecule has 1 atom stereocenters. The van der Waals surface area contributed by atoms with E-state index in [1.807, 2.05) is 0 Å². The Morgan fingerprint density at radius 3 is 2.53 bits per heavy atom. The van der Waals surface area contributed by atoms with Crippen LogP contribution in [0.25, 0.3) is 0 Å². The summed E-state index contributed by atoms with van der Waals surface area (Å²) in [5.74, 6) is -1.06. The van der Waals surface area contributed by atoms with Crippen molar-refractivity contribution in [3.05, 3.63) is 35.9 Å². The molecule has 1 aromatic rings. The van der Waals surface area contributed by atoms with Crippen LogP contribution in [-0.4, -0.2) is 11.8 Å². The molecule has 0 aromatic heterocycles. The normalized spacial score (nSPS) is 11.9. The summed E-state index contributed by atoms with van der Waals surface area (Å²) < 4.78 is 0. The van der Waals surface area contributed by atoms with Crippen molar-refractivity contribution in [2.45, 2.75) is 13.0 Å². The van der Waals surface area contributed by atoms with Crippen LogP contribution in [0.2, 0.25) is 0 Å². The maximum Gasteiger partial charge on any atom is 1.00 e. The molecule has 1 unspecified atom stereocenters. The van der Waals surface area contributed by atoms with E-state index in [1.54, 1.807) is 36.5 Å². The van der Waals surface area contributed by atoms with E-state index in [2.05, 4.69) is 10.3 Å². The number of nitrogens with one attached hydrogen (secondary N) is 1. The first-order valence-electron chi connectivity index (χ1n) is 4.60. The molecule has 1 aromatic carbocycles. The maximum absolute atomic E-state index is 10.9. The zero-order valence-corrected chi connectivity index (χ0v) is 11.7. The van der Waals surface area contributed by atoms with E-state index in [9.17, 15) is 9.90 Å². The summed E-state index contributed by atoms with van der Waals surface area (Å²) in [5, 5.41) is 21.5. The first kappa shape index (κ1) is 15.7. The number of hydrogen-bond donors (Lipinski definition) is 1. The molecule has 0 saturated carbocycles. The summed E-state index contributed by atoms with van der Waals surface area (Å²) in [6.07, 6.45) is 1.67. The largest absolute Gasteiger partial charge is 1.00 e. The Labute approximate surface area is 121 Å². The number of hydrogen-bond acceptors (Lipinski definition) is 4. The Bertz CT molecular complexity index is 440. The van der Waals surface area contributed by atoms with Gasteiger partial charge in [0.1, 0.15) is 11.9 Å². The predicted octanol–water partition coefficient (Wildman–Crippen LogP) is -3.03. The second kappa shape index (κ2) is 7.85. The molecule has 0 amide bonds. The third-order valence-electron chi connectivity index (χ3n) is 1.90. The predicted molar refractivity (Wildman–Crippen MR) is 56.0 cm³/mol. The molecule has 0 radical (unpaired) electrons. The molecule has 1 N–H and O–H groups in total. The zero-order valence-electron chi connectivity index (χ0n) is 9.68. The van der Waals surface area contributed by atoms with Gasteiger partial charge < -0.3 is 9.90 Å². The molecule has 0 bridgehead atoms. The van der Waals surface area contributed by atoms with Crippen molar-refractivity contribution in [1.29, 1.82) is 5.26 Å². The van der Waals surface area contributed by atoms with Crippen LogP contribution < -0.4 is 40.0 Å². The second-order valence-corrected chi connectivity index (χ2v) is 3.08. The number of amidine groups is 1. The van der Waals surface area contributed by atoms with E-state index in [4.69, 9.17) is 5.26 Å². The summed E-state index contributed by atoms with van der Waals surface area (Å²) in [6, 6.07) is 7.40. The van der Waals surface area contributed by atoms with E-state index in [0.29, 0.717) is 5.56 Å². The fourth-order valence-electron chi connectivity index (χ4n) is 1.21. The van der Waals surface area contributed by atoms with Crippen LogP contribution in [0.1, 0.15) is 18.5 Å². The third-order valence-corrected chi connectivity index (χ3v) is 1.90. The van der Waals surface area contributed by atoms with Gasteiger partial charge in [0, 0.05) is 0 Å². The number of carboxylic acid groups (broad SMARTS) is 1. The smallest absolute Gasteiger partial charge is 0.547 e. The van der Waals surface area contributed by atoms with Gasteiger partial charge in [-0.05, 0) is 12.5 Å². The molecule has 17 heavy (non-hydrogen) atoms. The minimum atomic E-state index is -1.30. The van der Waals surface area contributed by atoms with Crippen molar-refractivity contribution in [2.75, 3.05) is 0 Å². The van der Waals surface area contributed by atoms with Gasteiger partial charge in [-0.2, -0.15) is 5.26 Å². The molecule has 0 heterocycles. The van der Waals surface area contributed by atoms with E-state index < -0.39 is 12.0 Å².